The van der Waals surface area contributed by atoms with Gasteiger partial charge in [-0.05, 0) is 11.6 Å². The lowest BCUT2D eigenvalue weighted by Crippen LogP contribution is -2.09. The number of nitrogens with zero attached hydrogens (tertiary/aromatic N) is 1. The average Bonchev–Trinajstić information content (AvgIpc) is 2.30. The Morgan fingerprint density at radius 1 is 1.21 bits per heavy atom. The molecule has 2 aromatic rings. The Bertz CT molecular complexity index is 581. The molecule has 0 bridgehead atoms. The third-order valence-electron chi connectivity index (χ3n) is 2.72. The molecular formula is C13H11F3N2O. The van der Waals surface area contributed by atoms with Crippen LogP contribution in [0, 0.1) is 17.5 Å². The maximum absolute atomic E-state index is 13.5. The molecule has 1 aromatic carbocycles. The topological polar surface area (TPSA) is 59.1 Å². The number of nitrogen functional groups attached to an aromatic ring is 1. The number of aromatic nitrogens is 1. The van der Waals surface area contributed by atoms with Crippen molar-refractivity contribution in [3.8, 4) is 0 Å². The molecule has 0 spiro atoms. The van der Waals surface area contributed by atoms with E-state index in [2.05, 4.69) is 4.98 Å². The van der Waals surface area contributed by atoms with Gasteiger partial charge in [-0.3, -0.25) is 0 Å². The maximum atomic E-state index is 13.5. The Morgan fingerprint density at radius 3 is 2.42 bits per heavy atom. The normalized spacial score (nSPS) is 12.4. The van der Waals surface area contributed by atoms with Gasteiger partial charge in [0.1, 0.15) is 23.3 Å². The van der Waals surface area contributed by atoms with Crippen molar-refractivity contribution in [2.24, 2.45) is 0 Å². The summed E-state index contributed by atoms with van der Waals surface area (Å²) in [6.07, 6.45) is -0.115. The number of halogens is 3. The van der Waals surface area contributed by atoms with Gasteiger partial charge < -0.3 is 10.8 Å². The molecule has 19 heavy (non-hydrogen) atoms. The number of anilines is 1. The van der Waals surface area contributed by atoms with E-state index in [4.69, 9.17) is 5.73 Å². The van der Waals surface area contributed by atoms with E-state index >= 15 is 0 Å². The molecule has 3 nitrogen and oxygen atoms in total. The molecule has 3 N–H and O–H groups in total. The third kappa shape index (κ3) is 2.85. The van der Waals surface area contributed by atoms with Crippen LogP contribution in [0.5, 0.6) is 0 Å². The van der Waals surface area contributed by atoms with Crippen LogP contribution in [0.15, 0.2) is 30.5 Å². The first-order chi connectivity index (χ1) is 8.99. The number of hydrogen-bond acceptors (Lipinski definition) is 3. The average molecular weight is 268 g/mol. The summed E-state index contributed by atoms with van der Waals surface area (Å²) in [5.41, 5.74) is 5.45. The SMILES string of the molecule is Nc1ncccc1CC(O)c1c(F)cc(F)cc1F. The van der Waals surface area contributed by atoms with Crippen LogP contribution >= 0.6 is 0 Å². The number of aliphatic hydroxyl groups is 1. The van der Waals surface area contributed by atoms with Crippen LogP contribution < -0.4 is 5.73 Å². The first-order valence-corrected chi connectivity index (χ1v) is 5.51. The van der Waals surface area contributed by atoms with Gasteiger partial charge in [-0.25, -0.2) is 18.2 Å². The van der Waals surface area contributed by atoms with Gasteiger partial charge in [0.05, 0.1) is 11.7 Å². The van der Waals surface area contributed by atoms with Crippen molar-refractivity contribution in [1.82, 2.24) is 4.98 Å². The third-order valence-corrected chi connectivity index (χ3v) is 2.72. The summed E-state index contributed by atoms with van der Waals surface area (Å²) in [5.74, 6) is -3.13. The fourth-order valence-electron chi connectivity index (χ4n) is 1.81. The summed E-state index contributed by atoms with van der Waals surface area (Å²) in [6.45, 7) is 0. The molecule has 0 radical (unpaired) electrons. The summed E-state index contributed by atoms with van der Waals surface area (Å²) in [6, 6.07) is 4.23. The van der Waals surface area contributed by atoms with Gasteiger partial charge in [-0.2, -0.15) is 0 Å². The van der Waals surface area contributed by atoms with Gasteiger partial charge in [0.25, 0.3) is 0 Å². The largest absolute Gasteiger partial charge is 0.388 e. The minimum atomic E-state index is -1.47. The van der Waals surface area contributed by atoms with E-state index in [1.807, 2.05) is 0 Å². The Balaban J connectivity index is 2.31. The van der Waals surface area contributed by atoms with Crippen molar-refractivity contribution >= 4 is 5.82 Å². The second-order valence-corrected chi connectivity index (χ2v) is 4.05. The van der Waals surface area contributed by atoms with Crippen molar-refractivity contribution in [2.75, 3.05) is 5.73 Å². The van der Waals surface area contributed by atoms with E-state index in [9.17, 15) is 18.3 Å². The lowest BCUT2D eigenvalue weighted by atomic mass is 10.0. The summed E-state index contributed by atoms with van der Waals surface area (Å²) >= 11 is 0. The van der Waals surface area contributed by atoms with E-state index in [0.717, 1.165) is 0 Å². The van der Waals surface area contributed by atoms with Gasteiger partial charge in [0.2, 0.25) is 0 Å². The molecule has 0 fully saturated rings. The van der Waals surface area contributed by atoms with Crippen LogP contribution in [-0.4, -0.2) is 10.1 Å². The van der Waals surface area contributed by atoms with Crippen molar-refractivity contribution in [3.05, 3.63) is 59.0 Å². The van der Waals surface area contributed by atoms with E-state index in [1.54, 1.807) is 12.1 Å². The maximum Gasteiger partial charge on any atom is 0.134 e. The summed E-state index contributed by atoms with van der Waals surface area (Å²) in [4.78, 5) is 3.80. The predicted molar refractivity (Wildman–Crippen MR) is 63.6 cm³/mol. The minimum absolute atomic E-state index is 0.112. The number of hydrogen-bond donors (Lipinski definition) is 2. The van der Waals surface area contributed by atoms with E-state index in [-0.39, 0.29) is 12.2 Å². The fraction of sp³-hybridized carbons (Fsp3) is 0.154. The van der Waals surface area contributed by atoms with E-state index in [1.165, 1.54) is 6.20 Å². The highest BCUT2D eigenvalue weighted by atomic mass is 19.1. The lowest BCUT2D eigenvalue weighted by molar-refractivity contribution is 0.168. The minimum Gasteiger partial charge on any atom is -0.388 e. The standard InChI is InChI=1S/C13H11F3N2O/c14-8-5-9(15)12(10(16)6-8)11(19)4-7-2-1-3-18-13(7)17/h1-3,5-6,11,19H,4H2,(H2,17,18). The highest BCUT2D eigenvalue weighted by molar-refractivity contribution is 5.39. The van der Waals surface area contributed by atoms with Crippen LogP contribution in [0.4, 0.5) is 19.0 Å². The van der Waals surface area contributed by atoms with Gasteiger partial charge in [0.15, 0.2) is 0 Å². The molecule has 0 aliphatic carbocycles. The van der Waals surface area contributed by atoms with Crippen LogP contribution in [0.25, 0.3) is 0 Å². The van der Waals surface area contributed by atoms with Crippen molar-refractivity contribution in [2.45, 2.75) is 12.5 Å². The first kappa shape index (κ1) is 13.4. The molecule has 0 aliphatic heterocycles. The number of aliphatic hydroxyl groups excluding tert-OH is 1. The van der Waals surface area contributed by atoms with Crippen LogP contribution in [0.1, 0.15) is 17.2 Å². The number of rotatable bonds is 3. The zero-order chi connectivity index (χ0) is 14.0. The number of nitrogens with two attached hydrogens (primary N) is 1. The van der Waals surface area contributed by atoms with Crippen molar-refractivity contribution in [3.63, 3.8) is 0 Å². The van der Waals surface area contributed by atoms with Crippen LogP contribution in [0.2, 0.25) is 0 Å². The van der Waals surface area contributed by atoms with E-state index in [0.29, 0.717) is 17.7 Å². The Hall–Kier alpha value is -2.08. The Labute approximate surface area is 107 Å². The molecule has 2 rings (SSSR count). The van der Waals surface area contributed by atoms with Crippen LogP contribution in [0.3, 0.4) is 0 Å². The monoisotopic (exact) mass is 268 g/mol. The Kier molecular flexibility index (Phi) is 3.71. The smallest absolute Gasteiger partial charge is 0.134 e. The van der Waals surface area contributed by atoms with Crippen LogP contribution in [-0.2, 0) is 6.42 Å². The second kappa shape index (κ2) is 5.27. The molecule has 1 unspecified atom stereocenters. The molecule has 0 saturated carbocycles. The quantitative estimate of drug-likeness (QED) is 0.898. The molecule has 100 valence electrons. The number of pyridine rings is 1. The summed E-state index contributed by atoms with van der Waals surface area (Å²) in [5, 5.41) is 9.87. The molecule has 1 atom stereocenters. The predicted octanol–water partition coefficient (Wildman–Crippen LogP) is 2.36. The molecule has 6 heteroatoms. The Morgan fingerprint density at radius 2 is 1.84 bits per heavy atom. The van der Waals surface area contributed by atoms with Gasteiger partial charge in [-0.15, -0.1) is 0 Å². The summed E-state index contributed by atoms with van der Waals surface area (Å²) < 4.78 is 39.7. The zero-order valence-electron chi connectivity index (χ0n) is 9.78. The number of benzene rings is 1. The van der Waals surface area contributed by atoms with Crippen molar-refractivity contribution < 1.29 is 18.3 Å². The highest BCUT2D eigenvalue weighted by Gasteiger charge is 2.20. The summed E-state index contributed by atoms with van der Waals surface area (Å²) in [7, 11) is 0. The highest BCUT2D eigenvalue weighted by Crippen LogP contribution is 2.26. The van der Waals surface area contributed by atoms with Gasteiger partial charge in [-0.1, -0.05) is 6.07 Å². The van der Waals surface area contributed by atoms with Gasteiger partial charge in [0, 0.05) is 24.8 Å². The van der Waals surface area contributed by atoms with E-state index < -0.39 is 29.1 Å². The molecule has 0 amide bonds. The molecule has 1 aromatic heterocycles. The molecule has 1 heterocycles. The molecule has 0 aliphatic rings. The first-order valence-electron chi connectivity index (χ1n) is 5.51. The van der Waals surface area contributed by atoms with Crippen molar-refractivity contribution in [1.29, 1.82) is 0 Å². The fourth-order valence-corrected chi connectivity index (χ4v) is 1.81. The van der Waals surface area contributed by atoms with Gasteiger partial charge >= 0.3 is 0 Å². The second-order valence-electron chi connectivity index (χ2n) is 4.05. The molecular weight excluding hydrogens is 257 g/mol. The lowest BCUT2D eigenvalue weighted by Gasteiger charge is -2.14. The zero-order valence-corrected chi connectivity index (χ0v) is 9.78. The molecule has 0 saturated heterocycles.